The van der Waals surface area contributed by atoms with Gasteiger partial charge in [0.05, 0.1) is 10.4 Å². The largest absolute Gasteiger partial charge is 0.301 e. The van der Waals surface area contributed by atoms with Crippen LogP contribution < -0.4 is 4.89 Å². The summed E-state index contributed by atoms with van der Waals surface area (Å²) in [5.74, 6) is 0. The molecular weight excluding hydrogens is 352 g/mol. The molecule has 1 aliphatic heterocycles. The summed E-state index contributed by atoms with van der Waals surface area (Å²) in [6, 6.07) is 3.25. The normalized spacial score (nSPS) is 17.7. The maximum atomic E-state index is 11.8. The number of thiophene rings is 1. The van der Waals surface area contributed by atoms with Gasteiger partial charge in [-0.25, -0.2) is 8.42 Å². The SMILES string of the molecule is O=S(=O)(NOCCN1CCCCC1)c1ccc(Br)s1. The Morgan fingerprint density at radius 2 is 2.05 bits per heavy atom. The molecule has 1 fully saturated rings. The van der Waals surface area contributed by atoms with E-state index in [1.54, 1.807) is 12.1 Å². The van der Waals surface area contributed by atoms with E-state index < -0.39 is 10.0 Å². The van der Waals surface area contributed by atoms with Gasteiger partial charge in [0.2, 0.25) is 0 Å². The van der Waals surface area contributed by atoms with Crippen LogP contribution in [-0.2, 0) is 14.9 Å². The van der Waals surface area contributed by atoms with E-state index in [1.807, 2.05) is 0 Å². The molecule has 1 saturated heterocycles. The van der Waals surface area contributed by atoms with Crippen molar-refractivity contribution < 1.29 is 13.3 Å². The van der Waals surface area contributed by atoms with Crippen LogP contribution >= 0.6 is 27.3 Å². The van der Waals surface area contributed by atoms with Gasteiger partial charge in [0.1, 0.15) is 4.21 Å². The zero-order chi connectivity index (χ0) is 13.7. The Kier molecular flexibility index (Phi) is 5.79. The van der Waals surface area contributed by atoms with E-state index in [0.717, 1.165) is 34.8 Å². The van der Waals surface area contributed by atoms with Crippen LogP contribution in [0.5, 0.6) is 0 Å². The van der Waals surface area contributed by atoms with E-state index in [9.17, 15) is 8.42 Å². The summed E-state index contributed by atoms with van der Waals surface area (Å²) in [7, 11) is -3.54. The summed E-state index contributed by atoms with van der Waals surface area (Å²) in [6.45, 7) is 3.28. The number of hydrogen-bond donors (Lipinski definition) is 1. The molecule has 1 aromatic heterocycles. The van der Waals surface area contributed by atoms with Gasteiger partial charge >= 0.3 is 0 Å². The summed E-state index contributed by atoms with van der Waals surface area (Å²) in [6.07, 6.45) is 3.72. The van der Waals surface area contributed by atoms with Crippen molar-refractivity contribution in [3.8, 4) is 0 Å². The van der Waals surface area contributed by atoms with Crippen molar-refractivity contribution in [1.82, 2.24) is 9.79 Å². The van der Waals surface area contributed by atoms with Crippen molar-refractivity contribution >= 4 is 37.3 Å². The fraction of sp³-hybridized carbons (Fsp3) is 0.636. The van der Waals surface area contributed by atoms with Crippen molar-refractivity contribution in [2.75, 3.05) is 26.2 Å². The predicted octanol–water partition coefficient (Wildman–Crippen LogP) is 2.21. The Bertz CT molecular complexity index is 498. The van der Waals surface area contributed by atoms with Crippen LogP contribution in [0.2, 0.25) is 0 Å². The summed E-state index contributed by atoms with van der Waals surface area (Å²) in [4.78, 5) is 9.53. The fourth-order valence-corrected chi connectivity index (χ4v) is 4.78. The van der Waals surface area contributed by atoms with Crippen molar-refractivity contribution in [3.05, 3.63) is 15.9 Å². The van der Waals surface area contributed by atoms with E-state index >= 15 is 0 Å². The lowest BCUT2D eigenvalue weighted by Crippen LogP contribution is -2.34. The molecule has 0 atom stereocenters. The molecule has 0 amide bonds. The van der Waals surface area contributed by atoms with E-state index in [2.05, 4.69) is 25.7 Å². The van der Waals surface area contributed by atoms with Crippen LogP contribution in [0, 0.1) is 0 Å². The zero-order valence-electron chi connectivity index (χ0n) is 10.5. The van der Waals surface area contributed by atoms with Gasteiger partial charge in [-0.3, -0.25) is 4.84 Å². The second-order valence-corrected chi connectivity index (χ2v) is 8.73. The Morgan fingerprint density at radius 1 is 1.32 bits per heavy atom. The van der Waals surface area contributed by atoms with Crippen molar-refractivity contribution in [1.29, 1.82) is 0 Å². The molecule has 2 rings (SSSR count). The lowest BCUT2D eigenvalue weighted by molar-refractivity contribution is 0.0657. The molecule has 5 nitrogen and oxygen atoms in total. The van der Waals surface area contributed by atoms with Gasteiger partial charge in [0, 0.05) is 6.54 Å². The molecule has 0 spiro atoms. The molecule has 0 aliphatic carbocycles. The molecule has 1 aromatic rings. The number of nitrogens with zero attached hydrogens (tertiary/aromatic N) is 1. The topological polar surface area (TPSA) is 58.6 Å². The Balaban J connectivity index is 1.72. The smallest absolute Gasteiger partial charge is 0.271 e. The van der Waals surface area contributed by atoms with Gasteiger partial charge in [0.25, 0.3) is 10.0 Å². The number of nitrogens with one attached hydrogen (secondary N) is 1. The van der Waals surface area contributed by atoms with Gasteiger partial charge in [-0.2, -0.15) is 0 Å². The molecule has 0 unspecified atom stereocenters. The van der Waals surface area contributed by atoms with Crippen molar-refractivity contribution in [2.24, 2.45) is 0 Å². The average Bonchev–Trinajstić information content (AvgIpc) is 2.84. The zero-order valence-corrected chi connectivity index (χ0v) is 13.7. The highest BCUT2D eigenvalue weighted by Crippen LogP contribution is 2.25. The standard InChI is InChI=1S/C11H17BrN2O3S2/c12-10-4-5-11(18-10)19(15,16)13-17-9-8-14-6-2-1-3-7-14/h4-5,13H,1-3,6-9H2. The predicted molar refractivity (Wildman–Crippen MR) is 78.6 cm³/mol. The number of sulfonamides is 1. The molecule has 1 N–H and O–H groups in total. The van der Waals surface area contributed by atoms with Crippen molar-refractivity contribution in [3.63, 3.8) is 0 Å². The highest BCUT2D eigenvalue weighted by atomic mass is 79.9. The van der Waals surface area contributed by atoms with Gasteiger partial charge in [-0.15, -0.1) is 11.3 Å². The van der Waals surface area contributed by atoms with Crippen LogP contribution in [0.15, 0.2) is 20.1 Å². The number of piperidine rings is 1. The maximum absolute atomic E-state index is 11.8. The quantitative estimate of drug-likeness (QED) is 0.617. The first kappa shape index (κ1) is 15.4. The van der Waals surface area contributed by atoms with E-state index in [0.29, 0.717) is 6.61 Å². The first-order valence-electron chi connectivity index (χ1n) is 6.19. The van der Waals surface area contributed by atoms with Crippen LogP contribution in [0.1, 0.15) is 19.3 Å². The second-order valence-electron chi connectivity index (χ2n) is 4.40. The Hall–Kier alpha value is 0.01000. The van der Waals surface area contributed by atoms with Gasteiger partial charge < -0.3 is 4.90 Å². The molecule has 1 aliphatic rings. The van der Waals surface area contributed by atoms with Crippen LogP contribution in [0.3, 0.4) is 0 Å². The fourth-order valence-electron chi connectivity index (χ4n) is 1.96. The van der Waals surface area contributed by atoms with Crippen LogP contribution in [-0.4, -0.2) is 39.6 Å². The maximum Gasteiger partial charge on any atom is 0.271 e. The summed E-state index contributed by atoms with van der Waals surface area (Å²) < 4.78 is 24.7. The molecule has 108 valence electrons. The van der Waals surface area contributed by atoms with E-state index in [1.165, 1.54) is 19.3 Å². The number of halogens is 1. The molecule has 8 heteroatoms. The number of rotatable bonds is 6. The van der Waals surface area contributed by atoms with Crippen molar-refractivity contribution in [2.45, 2.75) is 23.5 Å². The molecule has 19 heavy (non-hydrogen) atoms. The third-order valence-electron chi connectivity index (χ3n) is 2.94. The molecular formula is C11H17BrN2O3S2. The van der Waals surface area contributed by atoms with Gasteiger partial charge in [-0.1, -0.05) is 11.3 Å². The summed E-state index contributed by atoms with van der Waals surface area (Å²) in [5.41, 5.74) is 0. The third-order valence-corrected chi connectivity index (χ3v) is 6.27. The second kappa shape index (κ2) is 7.14. The highest BCUT2D eigenvalue weighted by Gasteiger charge is 2.17. The van der Waals surface area contributed by atoms with Crippen LogP contribution in [0.4, 0.5) is 0 Å². The number of likely N-dealkylation sites (tertiary alicyclic amines) is 1. The Labute approximate surface area is 126 Å². The van der Waals surface area contributed by atoms with Gasteiger partial charge in [-0.05, 0) is 54.0 Å². The van der Waals surface area contributed by atoms with Gasteiger partial charge in [0.15, 0.2) is 0 Å². The monoisotopic (exact) mass is 368 g/mol. The van der Waals surface area contributed by atoms with E-state index in [-0.39, 0.29) is 4.21 Å². The molecule has 0 radical (unpaired) electrons. The molecule has 0 aromatic carbocycles. The minimum absolute atomic E-state index is 0.248. The minimum atomic E-state index is -3.54. The molecule has 0 bridgehead atoms. The lowest BCUT2D eigenvalue weighted by Gasteiger charge is -2.25. The lowest BCUT2D eigenvalue weighted by atomic mass is 10.1. The molecule has 2 heterocycles. The number of hydrogen-bond acceptors (Lipinski definition) is 5. The average molecular weight is 369 g/mol. The summed E-state index contributed by atoms with van der Waals surface area (Å²) in [5, 5.41) is 0. The summed E-state index contributed by atoms with van der Waals surface area (Å²) >= 11 is 4.39. The highest BCUT2D eigenvalue weighted by molar-refractivity contribution is 9.11. The van der Waals surface area contributed by atoms with Crippen LogP contribution in [0.25, 0.3) is 0 Å². The van der Waals surface area contributed by atoms with E-state index in [4.69, 9.17) is 4.84 Å². The first-order chi connectivity index (χ1) is 9.08. The third kappa shape index (κ3) is 4.80. The Morgan fingerprint density at radius 3 is 2.68 bits per heavy atom. The minimum Gasteiger partial charge on any atom is -0.301 e. The first-order valence-corrected chi connectivity index (χ1v) is 9.28. The molecule has 0 saturated carbocycles.